The summed E-state index contributed by atoms with van der Waals surface area (Å²) >= 11 is 0. The number of hydrogen-bond donors (Lipinski definition) is 0. The summed E-state index contributed by atoms with van der Waals surface area (Å²) in [5.41, 5.74) is 1.57. The molecule has 0 radical (unpaired) electrons. The predicted octanol–water partition coefficient (Wildman–Crippen LogP) is 6.18. The van der Waals surface area contributed by atoms with Crippen LogP contribution in [0, 0.1) is 0 Å². The number of allylic oxidation sites excluding steroid dienone is 4. The largest absolute Gasteiger partial charge is 0.0805 e. The van der Waals surface area contributed by atoms with Gasteiger partial charge in [0.1, 0.15) is 0 Å². The predicted molar refractivity (Wildman–Crippen MR) is 78.3 cm³/mol. The van der Waals surface area contributed by atoms with Gasteiger partial charge in [0.15, 0.2) is 0 Å². The Balaban J connectivity index is 1.74. The Morgan fingerprint density at radius 1 is 0.824 bits per heavy atom. The Labute approximate surface area is 108 Å². The van der Waals surface area contributed by atoms with E-state index in [4.69, 9.17) is 0 Å². The van der Waals surface area contributed by atoms with Crippen LogP contribution in [0.2, 0.25) is 0 Å². The highest BCUT2D eigenvalue weighted by Crippen LogP contribution is 2.17. The molecule has 0 saturated heterocycles. The fraction of sp³-hybridized carbons (Fsp3) is 0.765. The fourth-order valence-electron chi connectivity index (χ4n) is 2.51. The van der Waals surface area contributed by atoms with Gasteiger partial charge >= 0.3 is 0 Å². The summed E-state index contributed by atoms with van der Waals surface area (Å²) in [5, 5.41) is 0. The maximum Gasteiger partial charge on any atom is -0.0160 e. The third kappa shape index (κ3) is 8.24. The van der Waals surface area contributed by atoms with Gasteiger partial charge in [0.2, 0.25) is 0 Å². The molecule has 0 fully saturated rings. The van der Waals surface area contributed by atoms with Gasteiger partial charge in [-0.15, -0.1) is 0 Å². The van der Waals surface area contributed by atoms with Crippen LogP contribution in [-0.2, 0) is 0 Å². The number of rotatable bonds is 11. The van der Waals surface area contributed by atoms with Gasteiger partial charge < -0.3 is 0 Å². The first kappa shape index (κ1) is 14.5. The lowest BCUT2D eigenvalue weighted by molar-refractivity contribution is 0.556. The summed E-state index contributed by atoms with van der Waals surface area (Å²) in [6.07, 6.45) is 23.8. The van der Waals surface area contributed by atoms with E-state index in [1.807, 2.05) is 0 Å². The first-order valence-corrected chi connectivity index (χ1v) is 7.79. The molecule has 0 N–H and O–H groups in total. The minimum atomic E-state index is 1.17. The molecule has 1 rings (SSSR count). The molecule has 0 aromatic heterocycles. The van der Waals surface area contributed by atoms with Crippen LogP contribution >= 0.6 is 0 Å². The van der Waals surface area contributed by atoms with Crippen LogP contribution in [0.1, 0.15) is 84.0 Å². The monoisotopic (exact) mass is 234 g/mol. The molecule has 0 amide bonds. The van der Waals surface area contributed by atoms with Gasteiger partial charge in [0, 0.05) is 0 Å². The summed E-state index contributed by atoms with van der Waals surface area (Å²) in [6.45, 7) is 2.29. The van der Waals surface area contributed by atoms with E-state index in [9.17, 15) is 0 Å². The van der Waals surface area contributed by atoms with Crippen molar-refractivity contribution < 1.29 is 0 Å². The van der Waals surface area contributed by atoms with Gasteiger partial charge in [-0.3, -0.25) is 0 Å². The molecule has 0 nitrogen and oxygen atoms in total. The van der Waals surface area contributed by atoms with Crippen LogP contribution in [-0.4, -0.2) is 0 Å². The van der Waals surface area contributed by atoms with E-state index >= 15 is 0 Å². The zero-order valence-electron chi connectivity index (χ0n) is 11.7. The van der Waals surface area contributed by atoms with Crippen LogP contribution in [0.5, 0.6) is 0 Å². The Hall–Kier alpha value is -0.520. The quantitative estimate of drug-likeness (QED) is 0.374. The van der Waals surface area contributed by atoms with Crippen LogP contribution in [0.25, 0.3) is 0 Å². The van der Waals surface area contributed by atoms with Gasteiger partial charge in [0.05, 0.1) is 0 Å². The van der Waals surface area contributed by atoms with Crippen molar-refractivity contribution in [3.05, 3.63) is 23.8 Å². The summed E-state index contributed by atoms with van der Waals surface area (Å²) in [6, 6.07) is 0. The molecule has 0 unspecified atom stereocenters. The van der Waals surface area contributed by atoms with Gasteiger partial charge in [0.25, 0.3) is 0 Å². The van der Waals surface area contributed by atoms with E-state index in [2.05, 4.69) is 25.2 Å². The molecular formula is C17H30. The second-order valence-corrected chi connectivity index (χ2v) is 5.35. The first-order valence-electron chi connectivity index (χ1n) is 7.79. The zero-order valence-corrected chi connectivity index (χ0v) is 11.7. The Morgan fingerprint density at radius 2 is 1.41 bits per heavy atom. The average molecular weight is 234 g/mol. The summed E-state index contributed by atoms with van der Waals surface area (Å²) in [5.74, 6) is 0. The van der Waals surface area contributed by atoms with E-state index < -0.39 is 0 Å². The van der Waals surface area contributed by atoms with Crippen LogP contribution in [0.4, 0.5) is 0 Å². The Morgan fingerprint density at radius 3 is 1.94 bits per heavy atom. The van der Waals surface area contributed by atoms with Crippen LogP contribution < -0.4 is 0 Å². The molecule has 0 aliphatic heterocycles. The molecule has 1 aliphatic carbocycles. The smallest absolute Gasteiger partial charge is 0.0160 e. The van der Waals surface area contributed by atoms with E-state index in [1.165, 1.54) is 77.0 Å². The van der Waals surface area contributed by atoms with Crippen molar-refractivity contribution in [2.24, 2.45) is 0 Å². The van der Waals surface area contributed by atoms with E-state index in [1.54, 1.807) is 5.57 Å². The second-order valence-electron chi connectivity index (χ2n) is 5.35. The first-order chi connectivity index (χ1) is 8.43. The van der Waals surface area contributed by atoms with Crippen molar-refractivity contribution in [2.75, 3.05) is 0 Å². The molecule has 17 heavy (non-hydrogen) atoms. The maximum absolute atomic E-state index is 2.37. The molecule has 0 aromatic rings. The van der Waals surface area contributed by atoms with Gasteiger partial charge in [-0.1, -0.05) is 88.5 Å². The van der Waals surface area contributed by atoms with Gasteiger partial charge in [-0.2, -0.15) is 0 Å². The third-order valence-corrected chi connectivity index (χ3v) is 3.67. The van der Waals surface area contributed by atoms with E-state index in [0.29, 0.717) is 0 Å². The minimum absolute atomic E-state index is 1.17. The second kappa shape index (κ2) is 10.6. The zero-order chi connectivity index (χ0) is 12.2. The maximum atomic E-state index is 2.37. The van der Waals surface area contributed by atoms with Gasteiger partial charge in [-0.05, 0) is 19.3 Å². The van der Waals surface area contributed by atoms with Crippen LogP contribution in [0.15, 0.2) is 23.8 Å². The highest BCUT2D eigenvalue weighted by atomic mass is 14.0. The molecule has 0 saturated carbocycles. The van der Waals surface area contributed by atoms with Crippen molar-refractivity contribution in [3.8, 4) is 0 Å². The standard InChI is InChI=1S/C17H30/c1-2-3-4-5-6-7-8-9-10-11-14-17-15-12-13-16-17/h12,15-16H,2-11,13-14H2,1H3. The lowest BCUT2D eigenvalue weighted by Gasteiger charge is -2.02. The molecular weight excluding hydrogens is 204 g/mol. The highest BCUT2D eigenvalue weighted by molar-refractivity contribution is 5.25. The molecule has 0 heterocycles. The van der Waals surface area contributed by atoms with Crippen molar-refractivity contribution in [2.45, 2.75) is 84.0 Å². The van der Waals surface area contributed by atoms with Crippen LogP contribution in [0.3, 0.4) is 0 Å². The molecule has 0 spiro atoms. The fourth-order valence-corrected chi connectivity index (χ4v) is 2.51. The van der Waals surface area contributed by atoms with Crippen molar-refractivity contribution in [3.63, 3.8) is 0 Å². The van der Waals surface area contributed by atoms with Crippen molar-refractivity contribution in [1.82, 2.24) is 0 Å². The molecule has 0 aromatic carbocycles. The topological polar surface area (TPSA) is 0 Å². The van der Waals surface area contributed by atoms with E-state index in [0.717, 1.165) is 0 Å². The van der Waals surface area contributed by atoms with Crippen molar-refractivity contribution in [1.29, 1.82) is 0 Å². The highest BCUT2D eigenvalue weighted by Gasteiger charge is 1.97. The normalized spacial score (nSPS) is 14.3. The average Bonchev–Trinajstić information content (AvgIpc) is 2.85. The SMILES string of the molecule is CCCCCCCCCCCCC1=CCC=C1. The molecule has 98 valence electrons. The molecule has 0 heteroatoms. The molecule has 1 aliphatic rings. The molecule has 0 bridgehead atoms. The lowest BCUT2D eigenvalue weighted by Crippen LogP contribution is -1.82. The minimum Gasteiger partial charge on any atom is -0.0805 e. The van der Waals surface area contributed by atoms with Gasteiger partial charge in [-0.25, -0.2) is 0 Å². The third-order valence-electron chi connectivity index (χ3n) is 3.67. The number of unbranched alkanes of at least 4 members (excludes halogenated alkanes) is 9. The summed E-state index contributed by atoms with van der Waals surface area (Å²) in [7, 11) is 0. The summed E-state index contributed by atoms with van der Waals surface area (Å²) in [4.78, 5) is 0. The lowest BCUT2D eigenvalue weighted by atomic mass is 10.0. The number of hydrogen-bond acceptors (Lipinski definition) is 0. The summed E-state index contributed by atoms with van der Waals surface area (Å²) < 4.78 is 0. The Bertz CT molecular complexity index is 222. The van der Waals surface area contributed by atoms with E-state index in [-0.39, 0.29) is 0 Å². The van der Waals surface area contributed by atoms with Crippen molar-refractivity contribution >= 4 is 0 Å². The Kier molecular flexibility index (Phi) is 9.09. The molecule has 0 atom stereocenters.